The molecule has 0 aliphatic carbocycles. The molecule has 0 heterocycles. The van der Waals surface area contributed by atoms with Gasteiger partial charge in [0.1, 0.15) is 5.75 Å². The van der Waals surface area contributed by atoms with Crippen molar-refractivity contribution in [2.24, 2.45) is 0 Å². The van der Waals surface area contributed by atoms with Crippen molar-refractivity contribution in [2.45, 2.75) is 19.9 Å². The fourth-order valence-electron chi connectivity index (χ4n) is 1.31. The van der Waals surface area contributed by atoms with Crippen molar-refractivity contribution in [1.82, 2.24) is 4.90 Å². The number of alkyl halides is 1. The molecule has 0 aromatic heterocycles. The number of carbonyl (C=O) groups excluding carboxylic acids is 1. The van der Waals surface area contributed by atoms with Crippen molar-refractivity contribution < 1.29 is 9.90 Å². The summed E-state index contributed by atoms with van der Waals surface area (Å²) >= 11 is 3.33. The van der Waals surface area contributed by atoms with Crippen LogP contribution in [0.25, 0.3) is 0 Å². The highest BCUT2D eigenvalue weighted by molar-refractivity contribution is 9.09. The first-order valence-electron chi connectivity index (χ1n) is 5.10. The Morgan fingerprint density at radius 2 is 2.19 bits per heavy atom. The summed E-state index contributed by atoms with van der Waals surface area (Å²) in [5.74, 6) is -0.127. The highest BCUT2D eigenvalue weighted by atomic mass is 79.9. The Kier molecular flexibility index (Phi) is 4.35. The summed E-state index contributed by atoms with van der Waals surface area (Å²) < 4.78 is 0. The smallest absolute Gasteiger partial charge is 0.257 e. The molecule has 3 nitrogen and oxygen atoms in total. The molecule has 1 unspecified atom stereocenters. The van der Waals surface area contributed by atoms with Crippen LogP contribution in [0.3, 0.4) is 0 Å². The average Bonchev–Trinajstić information content (AvgIpc) is 2.29. The number of aromatic hydroxyl groups is 1. The maximum absolute atomic E-state index is 12.1. The van der Waals surface area contributed by atoms with E-state index in [1.165, 1.54) is 0 Å². The molecule has 0 radical (unpaired) electrons. The topological polar surface area (TPSA) is 40.5 Å². The van der Waals surface area contributed by atoms with Crippen LogP contribution >= 0.6 is 15.9 Å². The lowest BCUT2D eigenvalue weighted by Crippen LogP contribution is -2.36. The van der Waals surface area contributed by atoms with E-state index in [1.54, 1.807) is 30.1 Å². The van der Waals surface area contributed by atoms with Crippen molar-refractivity contribution in [2.75, 3.05) is 12.4 Å². The van der Waals surface area contributed by atoms with Crippen molar-refractivity contribution in [1.29, 1.82) is 0 Å². The molecule has 1 aromatic carbocycles. The van der Waals surface area contributed by atoms with E-state index in [-0.39, 0.29) is 17.7 Å². The molecule has 4 heteroatoms. The first-order valence-corrected chi connectivity index (χ1v) is 6.22. The average molecular weight is 286 g/mol. The van der Waals surface area contributed by atoms with Crippen molar-refractivity contribution in [3.05, 3.63) is 29.3 Å². The van der Waals surface area contributed by atoms with E-state index in [1.807, 2.05) is 13.8 Å². The lowest BCUT2D eigenvalue weighted by molar-refractivity contribution is 0.0755. The number of amides is 1. The van der Waals surface area contributed by atoms with Gasteiger partial charge in [-0.2, -0.15) is 0 Å². The fraction of sp³-hybridized carbons (Fsp3) is 0.417. The van der Waals surface area contributed by atoms with Crippen molar-refractivity contribution in [3.63, 3.8) is 0 Å². The zero-order valence-corrected chi connectivity index (χ0v) is 11.3. The highest BCUT2D eigenvalue weighted by Crippen LogP contribution is 2.20. The Morgan fingerprint density at radius 1 is 1.56 bits per heavy atom. The number of carbonyl (C=O) groups is 1. The predicted octanol–water partition coefficient (Wildman–Crippen LogP) is 2.56. The summed E-state index contributed by atoms with van der Waals surface area (Å²) in [5, 5.41) is 10.4. The van der Waals surface area contributed by atoms with Crippen LogP contribution in [0.15, 0.2) is 18.2 Å². The molecule has 0 aliphatic heterocycles. The Morgan fingerprint density at radius 3 is 2.75 bits per heavy atom. The van der Waals surface area contributed by atoms with E-state index in [2.05, 4.69) is 15.9 Å². The minimum atomic E-state index is -0.159. The fourth-order valence-corrected chi connectivity index (χ4v) is 1.75. The molecule has 1 aromatic rings. The van der Waals surface area contributed by atoms with Crippen LogP contribution in [0, 0.1) is 6.92 Å². The molecular weight excluding hydrogens is 270 g/mol. The van der Waals surface area contributed by atoms with Crippen LogP contribution < -0.4 is 0 Å². The Labute approximate surface area is 104 Å². The third-order valence-electron chi connectivity index (χ3n) is 2.59. The summed E-state index contributed by atoms with van der Waals surface area (Å²) in [6, 6.07) is 5.12. The Balaban J connectivity index is 3.00. The summed E-state index contributed by atoms with van der Waals surface area (Å²) in [5.41, 5.74) is 1.32. The molecule has 0 aliphatic rings. The second-order valence-corrected chi connectivity index (χ2v) is 4.59. The SMILES string of the molecule is Cc1ccc(O)c(C(=O)N(C)C(C)CBr)c1. The number of hydrogen-bond donors (Lipinski definition) is 1. The molecule has 0 saturated carbocycles. The zero-order valence-electron chi connectivity index (χ0n) is 9.70. The largest absolute Gasteiger partial charge is 0.507 e. The quantitative estimate of drug-likeness (QED) is 0.867. The van der Waals surface area contributed by atoms with Crippen LogP contribution in [-0.4, -0.2) is 34.3 Å². The van der Waals surface area contributed by atoms with Gasteiger partial charge in [-0.1, -0.05) is 27.6 Å². The van der Waals surface area contributed by atoms with Gasteiger partial charge >= 0.3 is 0 Å². The van der Waals surface area contributed by atoms with E-state index in [4.69, 9.17) is 0 Å². The number of phenols is 1. The van der Waals surface area contributed by atoms with Gasteiger partial charge in [-0.25, -0.2) is 0 Å². The molecule has 0 fully saturated rings. The standard InChI is InChI=1S/C12H16BrNO2/c1-8-4-5-11(15)10(6-8)12(16)14(3)9(2)7-13/h4-6,9,15H,7H2,1-3H3. The van der Waals surface area contributed by atoms with E-state index in [0.29, 0.717) is 10.9 Å². The van der Waals surface area contributed by atoms with E-state index in [0.717, 1.165) is 5.56 Å². The first-order chi connectivity index (χ1) is 7.47. The molecular formula is C12H16BrNO2. The van der Waals surface area contributed by atoms with Gasteiger partial charge in [-0.15, -0.1) is 0 Å². The normalized spacial score (nSPS) is 12.2. The zero-order chi connectivity index (χ0) is 12.3. The number of aryl methyl sites for hydroxylation is 1. The maximum Gasteiger partial charge on any atom is 0.257 e. The lowest BCUT2D eigenvalue weighted by Gasteiger charge is -2.23. The summed E-state index contributed by atoms with van der Waals surface area (Å²) in [4.78, 5) is 13.7. The number of phenolic OH excluding ortho intramolecular Hbond substituents is 1. The van der Waals surface area contributed by atoms with E-state index < -0.39 is 0 Å². The summed E-state index contributed by atoms with van der Waals surface area (Å²) in [6.45, 7) is 3.84. The first kappa shape index (κ1) is 13.0. The van der Waals surface area contributed by atoms with Crippen LogP contribution in [0.5, 0.6) is 5.75 Å². The molecule has 0 saturated heterocycles. The maximum atomic E-state index is 12.1. The molecule has 1 amide bonds. The molecule has 1 rings (SSSR count). The van der Waals surface area contributed by atoms with Crippen LogP contribution in [-0.2, 0) is 0 Å². The van der Waals surface area contributed by atoms with Crippen molar-refractivity contribution >= 4 is 21.8 Å². The minimum absolute atomic E-state index is 0.0317. The summed E-state index contributed by atoms with van der Waals surface area (Å²) in [6.07, 6.45) is 0. The van der Waals surface area contributed by atoms with Crippen LogP contribution in [0.4, 0.5) is 0 Å². The number of hydrogen-bond acceptors (Lipinski definition) is 2. The van der Waals surface area contributed by atoms with Gasteiger partial charge in [-0.3, -0.25) is 4.79 Å². The van der Waals surface area contributed by atoms with Gasteiger partial charge in [0.2, 0.25) is 0 Å². The number of halogens is 1. The monoisotopic (exact) mass is 285 g/mol. The van der Waals surface area contributed by atoms with Gasteiger partial charge in [0, 0.05) is 18.4 Å². The van der Waals surface area contributed by atoms with Crippen LogP contribution in [0.1, 0.15) is 22.8 Å². The van der Waals surface area contributed by atoms with Gasteiger partial charge in [-0.05, 0) is 26.0 Å². The molecule has 0 spiro atoms. The minimum Gasteiger partial charge on any atom is -0.507 e. The molecule has 88 valence electrons. The third kappa shape index (κ3) is 2.76. The highest BCUT2D eigenvalue weighted by Gasteiger charge is 2.19. The molecule has 1 N–H and O–H groups in total. The summed E-state index contributed by atoms with van der Waals surface area (Å²) in [7, 11) is 1.73. The van der Waals surface area contributed by atoms with Gasteiger partial charge in [0.05, 0.1) is 5.56 Å². The van der Waals surface area contributed by atoms with E-state index in [9.17, 15) is 9.90 Å². The van der Waals surface area contributed by atoms with Gasteiger partial charge in [0.15, 0.2) is 0 Å². The Bertz CT molecular complexity index is 393. The van der Waals surface area contributed by atoms with Gasteiger partial charge < -0.3 is 10.0 Å². The molecule has 1 atom stereocenters. The number of nitrogens with zero attached hydrogens (tertiary/aromatic N) is 1. The second-order valence-electron chi connectivity index (χ2n) is 3.94. The number of rotatable bonds is 3. The third-order valence-corrected chi connectivity index (χ3v) is 3.52. The lowest BCUT2D eigenvalue weighted by atomic mass is 10.1. The predicted molar refractivity (Wildman–Crippen MR) is 68.2 cm³/mol. The van der Waals surface area contributed by atoms with Gasteiger partial charge in [0.25, 0.3) is 5.91 Å². The Hall–Kier alpha value is -1.03. The second kappa shape index (κ2) is 5.34. The number of benzene rings is 1. The van der Waals surface area contributed by atoms with Crippen LogP contribution in [0.2, 0.25) is 0 Å². The molecule has 16 heavy (non-hydrogen) atoms. The van der Waals surface area contributed by atoms with Crippen molar-refractivity contribution in [3.8, 4) is 5.75 Å². The molecule has 0 bridgehead atoms. The van der Waals surface area contributed by atoms with E-state index >= 15 is 0 Å².